The summed E-state index contributed by atoms with van der Waals surface area (Å²) in [5.74, 6) is 1.26. The third-order valence-electron chi connectivity index (χ3n) is 3.55. The van der Waals surface area contributed by atoms with E-state index in [4.69, 9.17) is 4.74 Å². The number of rotatable bonds is 6. The van der Waals surface area contributed by atoms with Gasteiger partial charge in [0.2, 0.25) is 5.88 Å². The molecule has 0 N–H and O–H groups in total. The molecule has 2 aromatic rings. The van der Waals surface area contributed by atoms with Gasteiger partial charge >= 0.3 is 0 Å². The summed E-state index contributed by atoms with van der Waals surface area (Å²) in [4.78, 5) is 19.5. The SMILES string of the molecule is C=CCN(c1ccccc1)c1c(OCC)nc2n(c1=O)CCS2. The van der Waals surface area contributed by atoms with E-state index < -0.39 is 0 Å². The van der Waals surface area contributed by atoms with E-state index in [1.807, 2.05) is 42.2 Å². The molecule has 6 heteroatoms. The molecule has 0 amide bonds. The van der Waals surface area contributed by atoms with Gasteiger partial charge in [-0.1, -0.05) is 36.0 Å². The Bertz CT molecular complexity index is 758. The van der Waals surface area contributed by atoms with E-state index in [9.17, 15) is 4.79 Å². The summed E-state index contributed by atoms with van der Waals surface area (Å²) in [6, 6.07) is 9.76. The van der Waals surface area contributed by atoms with Crippen LogP contribution < -0.4 is 15.2 Å². The first-order chi connectivity index (χ1) is 11.3. The zero-order valence-corrected chi connectivity index (χ0v) is 13.9. The molecule has 1 aliphatic rings. The topological polar surface area (TPSA) is 47.4 Å². The van der Waals surface area contributed by atoms with Crippen LogP contribution in [0.25, 0.3) is 0 Å². The summed E-state index contributed by atoms with van der Waals surface area (Å²) in [5.41, 5.74) is 1.33. The Morgan fingerprint density at radius 3 is 2.91 bits per heavy atom. The number of hydrogen-bond acceptors (Lipinski definition) is 5. The highest BCUT2D eigenvalue weighted by Crippen LogP contribution is 2.33. The lowest BCUT2D eigenvalue weighted by atomic mass is 10.2. The lowest BCUT2D eigenvalue weighted by Gasteiger charge is -2.25. The molecule has 23 heavy (non-hydrogen) atoms. The van der Waals surface area contributed by atoms with Gasteiger partial charge in [-0.25, -0.2) is 0 Å². The van der Waals surface area contributed by atoms with Crippen molar-refractivity contribution in [3.8, 4) is 5.88 Å². The van der Waals surface area contributed by atoms with E-state index in [0.29, 0.717) is 31.3 Å². The zero-order valence-electron chi connectivity index (χ0n) is 13.1. The molecule has 3 rings (SSSR count). The Kier molecular flexibility index (Phi) is 4.71. The van der Waals surface area contributed by atoms with Crippen molar-refractivity contribution in [2.75, 3.05) is 23.8 Å². The third-order valence-corrected chi connectivity index (χ3v) is 4.51. The fraction of sp³-hybridized carbons (Fsp3) is 0.294. The van der Waals surface area contributed by atoms with Gasteiger partial charge in [0.1, 0.15) is 0 Å². The number of fused-ring (bicyclic) bond motifs is 1. The molecule has 5 nitrogen and oxygen atoms in total. The van der Waals surface area contributed by atoms with Crippen molar-refractivity contribution in [1.82, 2.24) is 9.55 Å². The number of benzene rings is 1. The highest BCUT2D eigenvalue weighted by Gasteiger charge is 2.25. The smallest absolute Gasteiger partial charge is 0.282 e. The molecule has 1 aliphatic heterocycles. The second-order valence-electron chi connectivity index (χ2n) is 5.02. The Morgan fingerprint density at radius 2 is 2.22 bits per heavy atom. The van der Waals surface area contributed by atoms with Crippen molar-refractivity contribution in [1.29, 1.82) is 0 Å². The van der Waals surface area contributed by atoms with E-state index in [0.717, 1.165) is 16.6 Å². The number of nitrogens with zero attached hydrogens (tertiary/aromatic N) is 3. The average Bonchev–Trinajstić information content (AvgIpc) is 3.04. The molecule has 1 aromatic heterocycles. The van der Waals surface area contributed by atoms with E-state index in [2.05, 4.69) is 11.6 Å². The number of anilines is 2. The van der Waals surface area contributed by atoms with Crippen LogP contribution in [0.2, 0.25) is 0 Å². The van der Waals surface area contributed by atoms with Crippen molar-refractivity contribution in [2.24, 2.45) is 0 Å². The van der Waals surface area contributed by atoms with Crippen LogP contribution in [0, 0.1) is 0 Å². The highest BCUT2D eigenvalue weighted by atomic mass is 32.2. The summed E-state index contributed by atoms with van der Waals surface area (Å²) in [7, 11) is 0. The minimum Gasteiger partial charge on any atom is -0.476 e. The largest absolute Gasteiger partial charge is 0.476 e. The maximum Gasteiger partial charge on any atom is 0.282 e. The summed E-state index contributed by atoms with van der Waals surface area (Å²) < 4.78 is 7.40. The van der Waals surface area contributed by atoms with Crippen LogP contribution in [0.5, 0.6) is 5.88 Å². The van der Waals surface area contributed by atoms with E-state index in [1.54, 1.807) is 22.4 Å². The van der Waals surface area contributed by atoms with E-state index in [-0.39, 0.29) is 5.56 Å². The van der Waals surface area contributed by atoms with Crippen molar-refractivity contribution in [2.45, 2.75) is 18.6 Å². The standard InChI is InChI=1S/C17H19N3O2S/c1-3-10-19(13-8-6-5-7-9-13)14-15(22-4-2)18-17-20(16(14)21)11-12-23-17/h3,5-9H,1,4,10-12H2,2H3. The van der Waals surface area contributed by atoms with Gasteiger partial charge in [0, 0.05) is 24.5 Å². The van der Waals surface area contributed by atoms with Gasteiger partial charge in [0.25, 0.3) is 5.56 Å². The van der Waals surface area contributed by atoms with Crippen LogP contribution in [-0.2, 0) is 6.54 Å². The molecule has 0 unspecified atom stereocenters. The maximum atomic E-state index is 13.0. The molecule has 0 atom stereocenters. The second kappa shape index (κ2) is 6.91. The minimum absolute atomic E-state index is 0.0610. The summed E-state index contributed by atoms with van der Waals surface area (Å²) in [5, 5.41) is 0.730. The molecule has 2 heterocycles. The highest BCUT2D eigenvalue weighted by molar-refractivity contribution is 7.99. The number of para-hydroxylation sites is 1. The van der Waals surface area contributed by atoms with Crippen molar-refractivity contribution in [3.63, 3.8) is 0 Å². The molecule has 0 spiro atoms. The molecular weight excluding hydrogens is 310 g/mol. The first kappa shape index (κ1) is 15.7. The van der Waals surface area contributed by atoms with Crippen LogP contribution in [0.3, 0.4) is 0 Å². The van der Waals surface area contributed by atoms with Gasteiger partial charge in [0.15, 0.2) is 10.8 Å². The minimum atomic E-state index is -0.0610. The molecule has 1 aromatic carbocycles. The fourth-order valence-electron chi connectivity index (χ4n) is 2.57. The van der Waals surface area contributed by atoms with Gasteiger partial charge in [-0.3, -0.25) is 9.36 Å². The Hall–Kier alpha value is -2.21. The molecule has 0 saturated heterocycles. The van der Waals surface area contributed by atoms with Crippen LogP contribution in [0.15, 0.2) is 52.9 Å². The predicted octanol–water partition coefficient (Wildman–Crippen LogP) is 3.07. The van der Waals surface area contributed by atoms with Gasteiger partial charge < -0.3 is 9.64 Å². The van der Waals surface area contributed by atoms with E-state index in [1.165, 1.54) is 0 Å². The normalized spacial score (nSPS) is 12.7. The van der Waals surface area contributed by atoms with Crippen LogP contribution in [0.1, 0.15) is 6.92 Å². The van der Waals surface area contributed by atoms with Crippen molar-refractivity contribution < 1.29 is 4.74 Å². The molecular formula is C17H19N3O2S. The van der Waals surface area contributed by atoms with Gasteiger partial charge in [-0.05, 0) is 19.1 Å². The molecule has 120 valence electrons. The molecule has 0 fully saturated rings. The average molecular weight is 329 g/mol. The van der Waals surface area contributed by atoms with Gasteiger partial charge in [0.05, 0.1) is 6.61 Å². The predicted molar refractivity (Wildman–Crippen MR) is 94.0 cm³/mol. The Balaban J connectivity index is 2.19. The number of aromatic nitrogens is 2. The monoisotopic (exact) mass is 329 g/mol. The molecule has 0 aliphatic carbocycles. The van der Waals surface area contributed by atoms with Crippen LogP contribution in [-0.4, -0.2) is 28.5 Å². The summed E-state index contributed by atoms with van der Waals surface area (Å²) in [6.07, 6.45) is 1.77. The lowest BCUT2D eigenvalue weighted by molar-refractivity contribution is 0.321. The van der Waals surface area contributed by atoms with E-state index >= 15 is 0 Å². The van der Waals surface area contributed by atoms with Gasteiger partial charge in [-0.2, -0.15) is 4.98 Å². The summed E-state index contributed by atoms with van der Waals surface area (Å²) in [6.45, 7) is 7.36. The van der Waals surface area contributed by atoms with Crippen LogP contribution >= 0.6 is 11.8 Å². The maximum absolute atomic E-state index is 13.0. The number of thioether (sulfide) groups is 1. The van der Waals surface area contributed by atoms with Crippen molar-refractivity contribution >= 4 is 23.1 Å². The second-order valence-corrected chi connectivity index (χ2v) is 6.08. The zero-order chi connectivity index (χ0) is 16.2. The first-order valence-electron chi connectivity index (χ1n) is 7.60. The molecule has 0 radical (unpaired) electrons. The lowest BCUT2D eigenvalue weighted by Crippen LogP contribution is -2.31. The number of hydrogen-bond donors (Lipinski definition) is 0. The number of ether oxygens (including phenoxy) is 1. The van der Waals surface area contributed by atoms with Gasteiger partial charge in [-0.15, -0.1) is 6.58 Å². The van der Waals surface area contributed by atoms with Crippen molar-refractivity contribution in [3.05, 3.63) is 53.3 Å². The first-order valence-corrected chi connectivity index (χ1v) is 8.58. The molecule has 0 bridgehead atoms. The fourth-order valence-corrected chi connectivity index (χ4v) is 3.51. The Morgan fingerprint density at radius 1 is 1.43 bits per heavy atom. The Labute approximate surface area is 139 Å². The molecule has 0 saturated carbocycles. The third kappa shape index (κ3) is 2.99. The van der Waals surface area contributed by atoms with Crippen LogP contribution in [0.4, 0.5) is 11.4 Å². The summed E-state index contributed by atoms with van der Waals surface area (Å²) >= 11 is 1.58. The quantitative estimate of drug-likeness (QED) is 0.602.